The van der Waals surface area contributed by atoms with Crippen molar-refractivity contribution in [3.05, 3.63) is 87.4 Å². The monoisotopic (exact) mass is 608 g/mol. The predicted octanol–water partition coefficient (Wildman–Crippen LogP) is 7.19. The molecule has 0 unspecified atom stereocenters. The van der Waals surface area contributed by atoms with Gasteiger partial charge in [0.25, 0.3) is 0 Å². The maximum Gasteiger partial charge on any atom is 0.314 e. The van der Waals surface area contributed by atoms with E-state index in [-0.39, 0.29) is 6.03 Å². The van der Waals surface area contributed by atoms with Gasteiger partial charge in [-0.2, -0.15) is 0 Å². The van der Waals surface area contributed by atoms with Gasteiger partial charge in [0.15, 0.2) is 0 Å². The number of likely N-dealkylation sites (tertiary alicyclic amines) is 2. The lowest BCUT2D eigenvalue weighted by Crippen LogP contribution is -2.40. The van der Waals surface area contributed by atoms with Crippen LogP contribution >= 0.6 is 23.2 Å². The van der Waals surface area contributed by atoms with Crippen molar-refractivity contribution in [2.45, 2.75) is 44.8 Å². The highest BCUT2D eigenvalue weighted by Gasteiger charge is 2.21. The van der Waals surface area contributed by atoms with E-state index in [2.05, 4.69) is 69.9 Å². The minimum Gasteiger partial charge on any atom is -0.489 e. The molecule has 0 bridgehead atoms. The minimum atomic E-state index is -0.113. The molecule has 42 heavy (non-hydrogen) atoms. The molecule has 8 heteroatoms. The van der Waals surface area contributed by atoms with Crippen LogP contribution < -0.4 is 15.4 Å². The standard InChI is InChI=1S/C34H42Cl2N4O2/c1-37-34(41)38-21-24-7-13-40(14-8-24)22-25-15-26(17-29(16-25)30-18-31(35)20-32(36)19-30)23-42-33-5-3-27(4-6-33)28-9-11-39(2)12-10-28/h3-6,15-20,24,28H,7-14,21-23H2,1-2H3,(H2,37,38,41). The van der Waals surface area contributed by atoms with Crippen molar-refractivity contribution >= 4 is 29.2 Å². The number of urea groups is 1. The summed E-state index contributed by atoms with van der Waals surface area (Å²) < 4.78 is 6.29. The Balaban J connectivity index is 1.26. The van der Waals surface area contributed by atoms with E-state index in [0.717, 1.165) is 74.6 Å². The summed E-state index contributed by atoms with van der Waals surface area (Å²) in [7, 11) is 3.85. The van der Waals surface area contributed by atoms with E-state index in [1.165, 1.54) is 24.0 Å². The van der Waals surface area contributed by atoms with Gasteiger partial charge in [0.05, 0.1) is 0 Å². The Labute approximate surface area is 260 Å². The highest BCUT2D eigenvalue weighted by molar-refractivity contribution is 6.35. The van der Waals surface area contributed by atoms with Crippen LogP contribution in [0.4, 0.5) is 4.79 Å². The number of benzene rings is 3. The number of nitrogens with zero attached hydrogens (tertiary/aromatic N) is 2. The number of amides is 2. The predicted molar refractivity (Wildman–Crippen MR) is 173 cm³/mol. The van der Waals surface area contributed by atoms with E-state index in [1.54, 1.807) is 13.1 Å². The van der Waals surface area contributed by atoms with Crippen molar-refractivity contribution in [1.82, 2.24) is 20.4 Å². The molecule has 2 N–H and O–H groups in total. The molecular weight excluding hydrogens is 567 g/mol. The first-order valence-corrected chi connectivity index (χ1v) is 15.8. The molecule has 0 atom stereocenters. The van der Waals surface area contributed by atoms with Crippen molar-refractivity contribution in [1.29, 1.82) is 0 Å². The summed E-state index contributed by atoms with van der Waals surface area (Å²) in [6, 6.07) is 20.9. The molecule has 3 aromatic carbocycles. The average Bonchev–Trinajstić information content (AvgIpc) is 2.99. The molecular formula is C34H42Cl2N4O2. The number of ether oxygens (including phenoxy) is 1. The Bertz CT molecular complexity index is 1310. The lowest BCUT2D eigenvalue weighted by molar-refractivity contribution is 0.175. The first-order valence-electron chi connectivity index (χ1n) is 15.0. The summed E-state index contributed by atoms with van der Waals surface area (Å²) in [6.07, 6.45) is 4.56. The largest absolute Gasteiger partial charge is 0.489 e. The van der Waals surface area contributed by atoms with Crippen molar-refractivity contribution in [2.75, 3.05) is 46.8 Å². The van der Waals surface area contributed by atoms with Gasteiger partial charge in [0.1, 0.15) is 12.4 Å². The van der Waals surface area contributed by atoms with Crippen LogP contribution in [0.5, 0.6) is 5.75 Å². The van der Waals surface area contributed by atoms with E-state index in [4.69, 9.17) is 27.9 Å². The fourth-order valence-corrected chi connectivity index (χ4v) is 6.63. The second-order valence-corrected chi connectivity index (χ2v) is 12.7. The van der Waals surface area contributed by atoms with Crippen LogP contribution in [0.25, 0.3) is 11.1 Å². The molecule has 2 aliphatic heterocycles. The van der Waals surface area contributed by atoms with Gasteiger partial charge in [0, 0.05) is 30.2 Å². The number of hydrogen-bond acceptors (Lipinski definition) is 4. The number of carbonyl (C=O) groups excluding carboxylic acids is 1. The van der Waals surface area contributed by atoms with Crippen LogP contribution in [-0.2, 0) is 13.2 Å². The molecule has 0 aromatic heterocycles. The summed E-state index contributed by atoms with van der Waals surface area (Å²) >= 11 is 12.7. The lowest BCUT2D eigenvalue weighted by atomic mass is 9.90. The molecule has 0 radical (unpaired) electrons. The van der Waals surface area contributed by atoms with Gasteiger partial charge in [-0.1, -0.05) is 41.4 Å². The topological polar surface area (TPSA) is 56.8 Å². The van der Waals surface area contributed by atoms with Gasteiger partial charge >= 0.3 is 6.03 Å². The molecule has 2 aliphatic rings. The Morgan fingerprint density at radius 2 is 1.50 bits per heavy atom. The number of nitrogens with one attached hydrogen (secondary N) is 2. The third-order valence-electron chi connectivity index (χ3n) is 8.62. The number of halogens is 2. The summed E-state index contributed by atoms with van der Waals surface area (Å²) in [4.78, 5) is 16.5. The molecule has 2 saturated heterocycles. The minimum absolute atomic E-state index is 0.113. The zero-order chi connectivity index (χ0) is 29.5. The first-order chi connectivity index (χ1) is 20.3. The molecule has 0 saturated carbocycles. The molecule has 2 amide bonds. The third-order valence-corrected chi connectivity index (χ3v) is 9.05. The van der Waals surface area contributed by atoms with Crippen molar-refractivity contribution in [2.24, 2.45) is 5.92 Å². The molecule has 5 rings (SSSR count). The molecule has 0 aliphatic carbocycles. The smallest absolute Gasteiger partial charge is 0.314 e. The van der Waals surface area contributed by atoms with E-state index in [9.17, 15) is 4.79 Å². The van der Waals surface area contributed by atoms with Gasteiger partial charge in [-0.3, -0.25) is 4.90 Å². The van der Waals surface area contributed by atoms with Gasteiger partial charge in [-0.25, -0.2) is 4.79 Å². The maximum atomic E-state index is 11.6. The Morgan fingerprint density at radius 3 is 2.17 bits per heavy atom. The summed E-state index contributed by atoms with van der Waals surface area (Å²) in [5.74, 6) is 2.03. The first kappa shape index (κ1) is 30.7. The van der Waals surface area contributed by atoms with Gasteiger partial charge in [0.2, 0.25) is 0 Å². The molecule has 6 nitrogen and oxygen atoms in total. The van der Waals surface area contributed by atoms with Gasteiger partial charge in [-0.05, 0) is 141 Å². The molecule has 3 aromatic rings. The third kappa shape index (κ3) is 8.63. The average molecular weight is 610 g/mol. The Hall–Kier alpha value is -2.77. The van der Waals surface area contributed by atoms with Crippen LogP contribution in [-0.4, -0.2) is 62.7 Å². The Kier molecular flexibility index (Phi) is 10.7. The summed E-state index contributed by atoms with van der Waals surface area (Å²) in [5.41, 5.74) is 5.84. The molecule has 2 heterocycles. The second-order valence-electron chi connectivity index (χ2n) is 11.8. The lowest BCUT2D eigenvalue weighted by Gasteiger charge is -2.32. The van der Waals surface area contributed by atoms with Crippen LogP contribution in [0.2, 0.25) is 10.0 Å². The van der Waals surface area contributed by atoms with E-state index in [0.29, 0.717) is 28.5 Å². The van der Waals surface area contributed by atoms with Gasteiger partial charge in [-0.15, -0.1) is 0 Å². The van der Waals surface area contributed by atoms with E-state index in [1.807, 2.05) is 12.1 Å². The zero-order valence-electron chi connectivity index (χ0n) is 24.7. The summed E-state index contributed by atoms with van der Waals surface area (Å²) in [6.45, 7) is 6.38. The quantitative estimate of drug-likeness (QED) is 0.270. The fraction of sp³-hybridized carbons (Fsp3) is 0.441. The van der Waals surface area contributed by atoms with Crippen molar-refractivity contribution < 1.29 is 9.53 Å². The number of piperidine rings is 2. The Morgan fingerprint density at radius 1 is 0.857 bits per heavy atom. The van der Waals surface area contributed by atoms with Gasteiger partial charge < -0.3 is 20.3 Å². The number of rotatable bonds is 9. The van der Waals surface area contributed by atoms with Crippen molar-refractivity contribution in [3.8, 4) is 16.9 Å². The normalized spacial score (nSPS) is 17.2. The molecule has 0 spiro atoms. The second kappa shape index (κ2) is 14.6. The SMILES string of the molecule is CNC(=O)NCC1CCN(Cc2cc(COc3ccc(C4CCN(C)CC4)cc3)cc(-c3cc(Cl)cc(Cl)c3)c2)CC1. The highest BCUT2D eigenvalue weighted by atomic mass is 35.5. The summed E-state index contributed by atoms with van der Waals surface area (Å²) in [5, 5.41) is 6.82. The van der Waals surface area contributed by atoms with Crippen LogP contribution in [0.3, 0.4) is 0 Å². The van der Waals surface area contributed by atoms with Crippen LogP contribution in [0, 0.1) is 5.92 Å². The van der Waals surface area contributed by atoms with Crippen molar-refractivity contribution in [3.63, 3.8) is 0 Å². The zero-order valence-corrected chi connectivity index (χ0v) is 26.2. The number of carbonyl (C=O) groups is 1. The number of hydrogen-bond donors (Lipinski definition) is 2. The highest BCUT2D eigenvalue weighted by Crippen LogP contribution is 2.31. The maximum absolute atomic E-state index is 11.6. The molecule has 2 fully saturated rings. The van der Waals surface area contributed by atoms with Crippen LogP contribution in [0.1, 0.15) is 48.3 Å². The van der Waals surface area contributed by atoms with E-state index >= 15 is 0 Å². The fourth-order valence-electron chi connectivity index (χ4n) is 6.10. The molecule has 224 valence electrons. The van der Waals surface area contributed by atoms with Crippen LogP contribution in [0.15, 0.2) is 60.7 Å². The van der Waals surface area contributed by atoms with E-state index < -0.39 is 0 Å².